The second kappa shape index (κ2) is 9.55. The third-order valence-electron chi connectivity index (χ3n) is 3.30. The molecule has 0 fully saturated rings. The number of rotatable bonds is 10. The van der Waals surface area contributed by atoms with Gasteiger partial charge in [-0.3, -0.25) is 9.59 Å². The van der Waals surface area contributed by atoms with Gasteiger partial charge in [0.1, 0.15) is 5.75 Å². The van der Waals surface area contributed by atoms with Gasteiger partial charge < -0.3 is 24.6 Å². The first kappa shape index (κ1) is 18.6. The second-order valence-corrected chi connectivity index (χ2v) is 4.87. The van der Waals surface area contributed by atoms with Gasteiger partial charge in [0.25, 0.3) is 5.91 Å². The molecule has 7 heteroatoms. The number of carboxylic acid groups (broad SMARTS) is 1. The lowest BCUT2D eigenvalue weighted by Gasteiger charge is -2.14. The first-order chi connectivity index (χ1) is 11.0. The van der Waals surface area contributed by atoms with Crippen LogP contribution in [0.3, 0.4) is 0 Å². The molecule has 0 saturated heterocycles. The van der Waals surface area contributed by atoms with E-state index in [0.717, 1.165) is 6.42 Å². The van der Waals surface area contributed by atoms with Crippen LogP contribution in [0.5, 0.6) is 17.2 Å². The zero-order chi connectivity index (χ0) is 17.2. The van der Waals surface area contributed by atoms with Crippen molar-refractivity contribution in [2.75, 3.05) is 27.9 Å². The molecule has 2 N–H and O–H groups in total. The number of aliphatic carboxylic acids is 1. The predicted octanol–water partition coefficient (Wildman–Crippen LogP) is 2.09. The molecule has 1 aromatic rings. The highest BCUT2D eigenvalue weighted by atomic mass is 16.5. The van der Waals surface area contributed by atoms with E-state index in [1.807, 2.05) is 0 Å². The third-order valence-corrected chi connectivity index (χ3v) is 3.30. The molecule has 1 rings (SSSR count). The van der Waals surface area contributed by atoms with Crippen LogP contribution in [0, 0.1) is 0 Å². The lowest BCUT2D eigenvalue weighted by molar-refractivity contribution is -0.137. The fourth-order valence-electron chi connectivity index (χ4n) is 2.08. The number of benzene rings is 1. The van der Waals surface area contributed by atoms with E-state index in [1.54, 1.807) is 12.1 Å². The Balaban J connectivity index is 2.63. The zero-order valence-electron chi connectivity index (χ0n) is 13.7. The van der Waals surface area contributed by atoms with Crippen molar-refractivity contribution in [3.8, 4) is 17.2 Å². The standard InChI is InChI=1S/C16H23NO6/c1-21-12-10-14(23-3)13(22-2)9-11(12)16(20)17-8-6-4-5-7-15(18)19/h9-10H,4-8H2,1-3H3,(H,17,20)(H,18,19). The number of methoxy groups -OCH3 is 3. The Morgan fingerprint density at radius 1 is 0.957 bits per heavy atom. The van der Waals surface area contributed by atoms with Gasteiger partial charge in [-0.2, -0.15) is 0 Å². The van der Waals surface area contributed by atoms with Crippen molar-refractivity contribution in [2.24, 2.45) is 0 Å². The normalized spacial score (nSPS) is 10.0. The third kappa shape index (κ3) is 5.69. The molecule has 1 amide bonds. The minimum Gasteiger partial charge on any atom is -0.496 e. The largest absolute Gasteiger partial charge is 0.496 e. The summed E-state index contributed by atoms with van der Waals surface area (Å²) in [5, 5.41) is 11.3. The van der Waals surface area contributed by atoms with Crippen LogP contribution in [-0.4, -0.2) is 44.9 Å². The molecule has 0 saturated carbocycles. The van der Waals surface area contributed by atoms with E-state index in [2.05, 4.69) is 5.32 Å². The topological polar surface area (TPSA) is 94.1 Å². The number of hydrogen-bond donors (Lipinski definition) is 2. The molecule has 0 spiro atoms. The van der Waals surface area contributed by atoms with Gasteiger partial charge in [0.15, 0.2) is 11.5 Å². The Labute approximate surface area is 135 Å². The molecule has 0 aliphatic heterocycles. The first-order valence-corrected chi connectivity index (χ1v) is 7.33. The van der Waals surface area contributed by atoms with Gasteiger partial charge in [-0.1, -0.05) is 6.42 Å². The van der Waals surface area contributed by atoms with Crippen molar-refractivity contribution in [2.45, 2.75) is 25.7 Å². The minimum absolute atomic E-state index is 0.150. The zero-order valence-corrected chi connectivity index (χ0v) is 13.7. The monoisotopic (exact) mass is 325 g/mol. The van der Waals surface area contributed by atoms with Crippen molar-refractivity contribution in [3.63, 3.8) is 0 Å². The van der Waals surface area contributed by atoms with Crippen molar-refractivity contribution in [3.05, 3.63) is 17.7 Å². The summed E-state index contributed by atoms with van der Waals surface area (Å²) in [4.78, 5) is 22.7. The van der Waals surface area contributed by atoms with E-state index in [-0.39, 0.29) is 12.3 Å². The molecule has 0 aliphatic carbocycles. The highest BCUT2D eigenvalue weighted by molar-refractivity contribution is 5.97. The number of amides is 1. The Kier molecular flexibility index (Phi) is 7.73. The highest BCUT2D eigenvalue weighted by Gasteiger charge is 2.17. The van der Waals surface area contributed by atoms with Gasteiger partial charge in [-0.05, 0) is 12.8 Å². The number of unbranched alkanes of at least 4 members (excludes halogenated alkanes) is 2. The lowest BCUT2D eigenvalue weighted by atomic mass is 10.1. The molecule has 23 heavy (non-hydrogen) atoms. The molecule has 0 aromatic heterocycles. The summed E-state index contributed by atoms with van der Waals surface area (Å²) < 4.78 is 15.6. The SMILES string of the molecule is COc1cc(OC)c(C(=O)NCCCCCC(=O)O)cc1OC. The van der Waals surface area contributed by atoms with Crippen LogP contribution in [0.25, 0.3) is 0 Å². The van der Waals surface area contributed by atoms with Gasteiger partial charge in [0.05, 0.1) is 26.9 Å². The summed E-state index contributed by atoms with van der Waals surface area (Å²) >= 11 is 0. The fourth-order valence-corrected chi connectivity index (χ4v) is 2.08. The Morgan fingerprint density at radius 3 is 2.13 bits per heavy atom. The highest BCUT2D eigenvalue weighted by Crippen LogP contribution is 2.34. The number of hydrogen-bond acceptors (Lipinski definition) is 5. The average Bonchev–Trinajstić information content (AvgIpc) is 2.55. The fraction of sp³-hybridized carbons (Fsp3) is 0.500. The number of carbonyl (C=O) groups is 2. The maximum absolute atomic E-state index is 12.3. The Morgan fingerprint density at radius 2 is 1.57 bits per heavy atom. The van der Waals surface area contributed by atoms with Crippen LogP contribution in [0.1, 0.15) is 36.0 Å². The van der Waals surface area contributed by atoms with E-state index >= 15 is 0 Å². The van der Waals surface area contributed by atoms with E-state index in [0.29, 0.717) is 42.2 Å². The van der Waals surface area contributed by atoms with Crippen LogP contribution < -0.4 is 19.5 Å². The van der Waals surface area contributed by atoms with E-state index < -0.39 is 5.97 Å². The summed E-state index contributed by atoms with van der Waals surface area (Å²) in [7, 11) is 4.48. The van der Waals surface area contributed by atoms with Crippen LogP contribution in [0.2, 0.25) is 0 Å². The van der Waals surface area contributed by atoms with Gasteiger partial charge in [-0.25, -0.2) is 0 Å². The van der Waals surface area contributed by atoms with E-state index in [1.165, 1.54) is 21.3 Å². The van der Waals surface area contributed by atoms with Gasteiger partial charge in [0.2, 0.25) is 0 Å². The smallest absolute Gasteiger partial charge is 0.303 e. The van der Waals surface area contributed by atoms with E-state index in [4.69, 9.17) is 19.3 Å². The Hall–Kier alpha value is -2.44. The molecular formula is C16H23NO6. The summed E-state index contributed by atoms with van der Waals surface area (Å²) in [6.45, 7) is 0.468. The van der Waals surface area contributed by atoms with Gasteiger partial charge in [0, 0.05) is 25.1 Å². The Bertz CT molecular complexity index is 544. The quantitative estimate of drug-likeness (QED) is 0.640. The van der Waals surface area contributed by atoms with Crippen LogP contribution in [0.4, 0.5) is 0 Å². The van der Waals surface area contributed by atoms with Crippen LogP contribution >= 0.6 is 0 Å². The lowest BCUT2D eigenvalue weighted by Crippen LogP contribution is -2.25. The van der Waals surface area contributed by atoms with Gasteiger partial charge in [-0.15, -0.1) is 0 Å². The maximum atomic E-state index is 12.3. The molecule has 0 atom stereocenters. The number of ether oxygens (including phenoxy) is 3. The average molecular weight is 325 g/mol. The van der Waals surface area contributed by atoms with Crippen LogP contribution in [0.15, 0.2) is 12.1 Å². The van der Waals surface area contributed by atoms with Crippen molar-refractivity contribution >= 4 is 11.9 Å². The van der Waals surface area contributed by atoms with Crippen LogP contribution in [-0.2, 0) is 4.79 Å². The summed E-state index contributed by atoms with van der Waals surface area (Å²) in [5.41, 5.74) is 0.357. The van der Waals surface area contributed by atoms with Gasteiger partial charge >= 0.3 is 5.97 Å². The molecule has 0 heterocycles. The molecule has 0 aliphatic rings. The molecule has 0 unspecified atom stereocenters. The van der Waals surface area contributed by atoms with Crippen molar-refractivity contribution in [1.29, 1.82) is 0 Å². The predicted molar refractivity (Wildman–Crippen MR) is 84.5 cm³/mol. The second-order valence-electron chi connectivity index (χ2n) is 4.87. The molecule has 7 nitrogen and oxygen atoms in total. The van der Waals surface area contributed by atoms with E-state index in [9.17, 15) is 9.59 Å². The molecule has 0 bridgehead atoms. The maximum Gasteiger partial charge on any atom is 0.303 e. The first-order valence-electron chi connectivity index (χ1n) is 7.33. The molecule has 128 valence electrons. The van der Waals surface area contributed by atoms with Crippen molar-refractivity contribution in [1.82, 2.24) is 5.32 Å². The number of nitrogens with one attached hydrogen (secondary N) is 1. The summed E-state index contributed by atoms with van der Waals surface area (Å²) in [6.07, 6.45) is 2.21. The number of carbonyl (C=O) groups excluding carboxylic acids is 1. The molecular weight excluding hydrogens is 302 g/mol. The summed E-state index contributed by atoms with van der Waals surface area (Å²) in [6, 6.07) is 3.16. The molecule has 1 aromatic carbocycles. The minimum atomic E-state index is -0.802. The summed E-state index contributed by atoms with van der Waals surface area (Å²) in [5.74, 6) is 0.241. The number of carboxylic acids is 1. The molecule has 0 radical (unpaired) electrons. The van der Waals surface area contributed by atoms with Crippen molar-refractivity contribution < 1.29 is 28.9 Å².